The summed E-state index contributed by atoms with van der Waals surface area (Å²) in [5.41, 5.74) is 0.346. The fraction of sp³-hybridized carbons (Fsp3) is 0.421. The van der Waals surface area contributed by atoms with Gasteiger partial charge in [0.05, 0.1) is 12.2 Å². The monoisotopic (exact) mass is 375 g/mol. The van der Waals surface area contributed by atoms with Crippen LogP contribution < -0.4 is 4.74 Å². The van der Waals surface area contributed by atoms with E-state index in [4.69, 9.17) is 4.74 Å². The van der Waals surface area contributed by atoms with E-state index in [-0.39, 0.29) is 17.9 Å². The smallest absolute Gasteiger partial charge is 0.254 e. The fourth-order valence-electron chi connectivity index (χ4n) is 2.86. The Bertz CT molecular complexity index is 745. The molecular formula is C19H22FN3O2S. The van der Waals surface area contributed by atoms with Gasteiger partial charge in [0.15, 0.2) is 0 Å². The van der Waals surface area contributed by atoms with E-state index in [0.717, 1.165) is 10.6 Å². The van der Waals surface area contributed by atoms with Gasteiger partial charge in [0, 0.05) is 30.0 Å². The Balaban J connectivity index is 1.46. The molecule has 1 amide bonds. The van der Waals surface area contributed by atoms with Crippen molar-refractivity contribution in [3.8, 4) is 5.88 Å². The highest BCUT2D eigenvalue weighted by molar-refractivity contribution is 7.99. The number of carbonyl (C=O) groups excluding carboxylic acids is 1. The highest BCUT2D eigenvalue weighted by Gasteiger charge is 2.28. The number of nitrogens with zero attached hydrogens (tertiary/aromatic N) is 3. The summed E-state index contributed by atoms with van der Waals surface area (Å²) in [6.07, 6.45) is 2.74. The fourth-order valence-corrected chi connectivity index (χ4v) is 3.72. The van der Waals surface area contributed by atoms with Crippen molar-refractivity contribution in [1.82, 2.24) is 14.9 Å². The Labute approximate surface area is 157 Å². The first-order valence-corrected chi connectivity index (χ1v) is 9.77. The number of thioether (sulfide) groups is 1. The molecule has 1 saturated heterocycles. The van der Waals surface area contributed by atoms with Crippen LogP contribution in [-0.2, 0) is 11.2 Å². The lowest BCUT2D eigenvalue weighted by atomic mass is 10.3. The summed E-state index contributed by atoms with van der Waals surface area (Å²) in [5.74, 6) is 0.331. The van der Waals surface area contributed by atoms with Gasteiger partial charge in [-0.05, 0) is 18.6 Å². The Morgan fingerprint density at radius 1 is 1.35 bits per heavy atom. The summed E-state index contributed by atoms with van der Waals surface area (Å²) >= 11 is 1.67. The Hall–Kier alpha value is -2.15. The van der Waals surface area contributed by atoms with Crippen LogP contribution in [0.2, 0.25) is 0 Å². The summed E-state index contributed by atoms with van der Waals surface area (Å²) in [6, 6.07) is 10.0. The third kappa shape index (κ3) is 4.72. The van der Waals surface area contributed by atoms with E-state index >= 15 is 0 Å². The van der Waals surface area contributed by atoms with Gasteiger partial charge in [0.1, 0.15) is 12.4 Å². The van der Waals surface area contributed by atoms with Gasteiger partial charge in [-0.15, -0.1) is 11.8 Å². The molecule has 0 bridgehead atoms. The van der Waals surface area contributed by atoms with Gasteiger partial charge in [-0.25, -0.2) is 4.98 Å². The van der Waals surface area contributed by atoms with Crippen molar-refractivity contribution in [2.24, 2.45) is 0 Å². The summed E-state index contributed by atoms with van der Waals surface area (Å²) in [4.78, 5) is 23.1. The van der Waals surface area contributed by atoms with Gasteiger partial charge in [0.2, 0.25) is 11.7 Å². The Kier molecular flexibility index (Phi) is 6.44. The van der Waals surface area contributed by atoms with Gasteiger partial charge in [-0.2, -0.15) is 9.37 Å². The van der Waals surface area contributed by atoms with Crippen molar-refractivity contribution >= 4 is 17.7 Å². The molecule has 2 aromatic rings. The molecule has 7 heteroatoms. The maximum atomic E-state index is 14.2. The third-order valence-corrected chi connectivity index (χ3v) is 5.28. The van der Waals surface area contributed by atoms with Crippen molar-refractivity contribution in [3.63, 3.8) is 0 Å². The number of amides is 1. The number of carbonyl (C=O) groups is 1. The molecule has 0 unspecified atom stereocenters. The Morgan fingerprint density at radius 2 is 2.15 bits per heavy atom. The molecule has 1 aliphatic rings. The second-order valence-corrected chi connectivity index (χ2v) is 7.24. The number of aromatic nitrogens is 2. The molecular weight excluding hydrogens is 353 g/mol. The van der Waals surface area contributed by atoms with Crippen LogP contribution in [0.3, 0.4) is 0 Å². The summed E-state index contributed by atoms with van der Waals surface area (Å²) < 4.78 is 19.9. The number of hydrogen-bond donors (Lipinski definition) is 0. The van der Waals surface area contributed by atoms with Crippen LogP contribution in [0.15, 0.2) is 41.6 Å². The predicted octanol–water partition coefficient (Wildman–Crippen LogP) is 3.34. The summed E-state index contributed by atoms with van der Waals surface area (Å²) in [6.45, 7) is 2.94. The van der Waals surface area contributed by atoms with Crippen LogP contribution >= 0.6 is 11.8 Å². The molecule has 0 saturated carbocycles. The molecule has 0 aliphatic carbocycles. The van der Waals surface area contributed by atoms with E-state index in [1.807, 2.05) is 37.3 Å². The van der Waals surface area contributed by atoms with Gasteiger partial charge in [-0.3, -0.25) is 4.79 Å². The quantitative estimate of drug-likeness (QED) is 0.695. The predicted molar refractivity (Wildman–Crippen MR) is 98.8 cm³/mol. The number of ether oxygens (including phenoxy) is 1. The van der Waals surface area contributed by atoms with Gasteiger partial charge < -0.3 is 9.64 Å². The van der Waals surface area contributed by atoms with E-state index in [1.54, 1.807) is 16.7 Å². The first kappa shape index (κ1) is 18.6. The molecule has 26 heavy (non-hydrogen) atoms. The molecule has 5 nitrogen and oxygen atoms in total. The average molecular weight is 375 g/mol. The SMILES string of the molecule is CCc1ncnc(O[C@H]2CCN(C(=O)CCSc3ccccc3)C2)c1F. The summed E-state index contributed by atoms with van der Waals surface area (Å²) in [5, 5.41) is 0. The lowest BCUT2D eigenvalue weighted by molar-refractivity contribution is -0.129. The normalized spacial score (nSPS) is 16.7. The zero-order valence-electron chi connectivity index (χ0n) is 14.7. The number of benzene rings is 1. The van der Waals surface area contributed by atoms with Crippen LogP contribution in [0.1, 0.15) is 25.5 Å². The molecule has 138 valence electrons. The molecule has 1 aromatic carbocycles. The third-order valence-electron chi connectivity index (χ3n) is 4.27. The highest BCUT2D eigenvalue weighted by atomic mass is 32.2. The summed E-state index contributed by atoms with van der Waals surface area (Å²) in [7, 11) is 0. The number of rotatable bonds is 7. The van der Waals surface area contributed by atoms with Crippen molar-refractivity contribution in [1.29, 1.82) is 0 Å². The number of hydrogen-bond acceptors (Lipinski definition) is 5. The minimum atomic E-state index is -0.501. The van der Waals surface area contributed by atoms with Crippen molar-refractivity contribution in [2.75, 3.05) is 18.8 Å². The second-order valence-electron chi connectivity index (χ2n) is 6.07. The molecule has 1 aromatic heterocycles. The molecule has 0 spiro atoms. The molecule has 3 rings (SSSR count). The molecule has 2 heterocycles. The van der Waals surface area contributed by atoms with Crippen LogP contribution in [0.5, 0.6) is 5.88 Å². The molecule has 1 fully saturated rings. The Morgan fingerprint density at radius 3 is 2.92 bits per heavy atom. The molecule has 0 radical (unpaired) electrons. The largest absolute Gasteiger partial charge is 0.470 e. The van der Waals surface area contributed by atoms with E-state index in [0.29, 0.717) is 38.0 Å². The lowest BCUT2D eigenvalue weighted by Crippen LogP contribution is -2.31. The van der Waals surface area contributed by atoms with Crippen molar-refractivity contribution < 1.29 is 13.9 Å². The topological polar surface area (TPSA) is 55.3 Å². The average Bonchev–Trinajstić information content (AvgIpc) is 3.13. The molecule has 1 aliphatic heterocycles. The number of likely N-dealkylation sites (tertiary alicyclic amines) is 1. The van der Waals surface area contributed by atoms with Crippen molar-refractivity contribution in [3.05, 3.63) is 48.2 Å². The maximum absolute atomic E-state index is 14.2. The molecule has 1 atom stereocenters. The second kappa shape index (κ2) is 8.98. The highest BCUT2D eigenvalue weighted by Crippen LogP contribution is 2.22. The zero-order valence-corrected chi connectivity index (χ0v) is 15.5. The van der Waals surface area contributed by atoms with Gasteiger partial charge in [-0.1, -0.05) is 25.1 Å². The van der Waals surface area contributed by atoms with Crippen LogP contribution in [0.4, 0.5) is 4.39 Å². The molecule has 0 N–H and O–H groups in total. The number of aryl methyl sites for hydroxylation is 1. The minimum Gasteiger partial charge on any atom is -0.470 e. The van der Waals surface area contributed by atoms with Crippen molar-refractivity contribution in [2.45, 2.75) is 37.2 Å². The first-order chi connectivity index (χ1) is 12.7. The number of halogens is 1. The van der Waals surface area contributed by atoms with E-state index in [1.165, 1.54) is 6.33 Å². The van der Waals surface area contributed by atoms with Crippen LogP contribution in [0.25, 0.3) is 0 Å². The lowest BCUT2D eigenvalue weighted by Gasteiger charge is -2.17. The van der Waals surface area contributed by atoms with E-state index < -0.39 is 5.82 Å². The standard InChI is InChI=1S/C19H22FN3O2S/c1-2-16-18(20)19(22-13-21-16)25-14-8-10-23(12-14)17(24)9-11-26-15-6-4-3-5-7-15/h3-7,13-14H,2,8-12H2,1H3/t14-/m0/s1. The van der Waals surface area contributed by atoms with E-state index in [2.05, 4.69) is 9.97 Å². The maximum Gasteiger partial charge on any atom is 0.254 e. The minimum absolute atomic E-state index is 0.0178. The first-order valence-electron chi connectivity index (χ1n) is 8.79. The van der Waals surface area contributed by atoms with Crippen LogP contribution in [-0.4, -0.2) is 45.7 Å². The van der Waals surface area contributed by atoms with Gasteiger partial charge in [0.25, 0.3) is 5.88 Å². The van der Waals surface area contributed by atoms with Gasteiger partial charge >= 0.3 is 0 Å². The zero-order chi connectivity index (χ0) is 18.4. The van der Waals surface area contributed by atoms with E-state index in [9.17, 15) is 9.18 Å². The van der Waals surface area contributed by atoms with Crippen LogP contribution in [0, 0.1) is 5.82 Å².